The Balaban J connectivity index is 1.75. The third-order valence-electron chi connectivity index (χ3n) is 3.69. The first kappa shape index (κ1) is 14.1. The molecular formula is C13H17N5O2S. The molecule has 0 radical (unpaired) electrons. The largest absolute Gasteiger partial charge is 0.339 e. The summed E-state index contributed by atoms with van der Waals surface area (Å²) in [4.78, 5) is 19.4. The van der Waals surface area contributed by atoms with E-state index in [1.807, 2.05) is 11.8 Å². The van der Waals surface area contributed by atoms with Crippen LogP contribution in [-0.4, -0.2) is 43.6 Å². The molecule has 8 heteroatoms. The molecule has 0 unspecified atom stereocenters. The summed E-state index contributed by atoms with van der Waals surface area (Å²) in [5.74, 6) is 1.40. The van der Waals surface area contributed by atoms with Crippen molar-refractivity contribution in [2.24, 2.45) is 0 Å². The second kappa shape index (κ2) is 5.88. The summed E-state index contributed by atoms with van der Waals surface area (Å²) in [6.45, 7) is 5.15. The molecule has 1 atom stereocenters. The maximum absolute atomic E-state index is 12.6. The standard InChI is InChI=1S/C13H17N5O2S/c1-3-10-11(21-17-15-10)13(19)18-6-4-5-9(7-18)12-14-8(2)16-20-12/h9H,3-7H2,1-2H3/t9-/m1/s1. The van der Waals surface area contributed by atoms with Crippen LogP contribution in [0.3, 0.4) is 0 Å². The Morgan fingerprint density at radius 1 is 1.52 bits per heavy atom. The van der Waals surface area contributed by atoms with Gasteiger partial charge in [0, 0.05) is 13.1 Å². The maximum atomic E-state index is 12.6. The highest BCUT2D eigenvalue weighted by molar-refractivity contribution is 7.08. The average Bonchev–Trinajstić information content (AvgIpc) is 3.15. The number of hydrogen-bond donors (Lipinski definition) is 0. The summed E-state index contributed by atoms with van der Waals surface area (Å²) in [5.41, 5.74) is 0.778. The SMILES string of the molecule is CCc1nnsc1C(=O)N1CCC[C@@H](c2nc(C)no2)C1. The van der Waals surface area contributed by atoms with E-state index in [1.165, 1.54) is 11.5 Å². The van der Waals surface area contributed by atoms with Crippen LogP contribution >= 0.6 is 11.5 Å². The van der Waals surface area contributed by atoms with Crippen molar-refractivity contribution < 1.29 is 9.32 Å². The van der Waals surface area contributed by atoms with Crippen LogP contribution in [-0.2, 0) is 6.42 Å². The Morgan fingerprint density at radius 3 is 3.10 bits per heavy atom. The van der Waals surface area contributed by atoms with E-state index in [0.29, 0.717) is 23.1 Å². The Labute approximate surface area is 126 Å². The molecule has 0 spiro atoms. The molecule has 2 aromatic rings. The molecule has 0 aromatic carbocycles. The highest BCUT2D eigenvalue weighted by Gasteiger charge is 2.30. The van der Waals surface area contributed by atoms with Gasteiger partial charge in [0.05, 0.1) is 11.6 Å². The summed E-state index contributed by atoms with van der Waals surface area (Å²) in [5, 5.41) is 7.84. The van der Waals surface area contributed by atoms with Crippen LogP contribution in [0.1, 0.15) is 52.8 Å². The van der Waals surface area contributed by atoms with Gasteiger partial charge in [-0.2, -0.15) is 4.98 Å². The highest BCUT2D eigenvalue weighted by atomic mass is 32.1. The van der Waals surface area contributed by atoms with Crippen LogP contribution in [0.5, 0.6) is 0 Å². The minimum Gasteiger partial charge on any atom is -0.339 e. The topological polar surface area (TPSA) is 85.0 Å². The predicted molar refractivity (Wildman–Crippen MR) is 76.2 cm³/mol. The number of carbonyl (C=O) groups is 1. The van der Waals surface area contributed by atoms with E-state index in [2.05, 4.69) is 19.7 Å². The van der Waals surface area contributed by atoms with Crippen molar-refractivity contribution in [3.63, 3.8) is 0 Å². The fraction of sp³-hybridized carbons (Fsp3) is 0.615. The molecule has 112 valence electrons. The van der Waals surface area contributed by atoms with Crippen molar-refractivity contribution in [2.75, 3.05) is 13.1 Å². The zero-order valence-corrected chi connectivity index (χ0v) is 12.9. The molecule has 21 heavy (non-hydrogen) atoms. The lowest BCUT2D eigenvalue weighted by atomic mass is 9.97. The molecule has 3 rings (SSSR count). The lowest BCUT2D eigenvalue weighted by Gasteiger charge is -2.30. The lowest BCUT2D eigenvalue weighted by Crippen LogP contribution is -2.39. The van der Waals surface area contributed by atoms with Gasteiger partial charge in [-0.15, -0.1) is 5.10 Å². The van der Waals surface area contributed by atoms with Gasteiger partial charge >= 0.3 is 0 Å². The maximum Gasteiger partial charge on any atom is 0.267 e. The number of hydrogen-bond acceptors (Lipinski definition) is 7. The van der Waals surface area contributed by atoms with Crippen molar-refractivity contribution in [3.05, 3.63) is 22.3 Å². The number of nitrogens with zero attached hydrogens (tertiary/aromatic N) is 5. The third kappa shape index (κ3) is 2.80. The van der Waals surface area contributed by atoms with Crippen molar-refractivity contribution in [3.8, 4) is 0 Å². The van der Waals surface area contributed by atoms with Crippen molar-refractivity contribution in [2.45, 2.75) is 39.0 Å². The van der Waals surface area contributed by atoms with E-state index >= 15 is 0 Å². The second-order valence-corrected chi connectivity index (χ2v) is 5.93. The quantitative estimate of drug-likeness (QED) is 0.859. The summed E-state index contributed by atoms with van der Waals surface area (Å²) < 4.78 is 9.14. The first-order valence-corrected chi connectivity index (χ1v) is 7.87. The highest BCUT2D eigenvalue weighted by Crippen LogP contribution is 2.27. The van der Waals surface area contributed by atoms with Crippen molar-refractivity contribution in [1.82, 2.24) is 24.6 Å². The minimum absolute atomic E-state index is 0.0165. The van der Waals surface area contributed by atoms with Crippen LogP contribution < -0.4 is 0 Å². The molecule has 0 N–H and O–H groups in total. The summed E-state index contributed by atoms with van der Waals surface area (Å²) in [7, 11) is 0. The number of piperidine rings is 1. The first-order chi connectivity index (χ1) is 10.2. The van der Waals surface area contributed by atoms with Crippen LogP contribution in [0, 0.1) is 6.92 Å². The van der Waals surface area contributed by atoms with E-state index in [1.54, 1.807) is 6.92 Å². The fourth-order valence-corrected chi connectivity index (χ4v) is 3.31. The van der Waals surface area contributed by atoms with Crippen molar-refractivity contribution in [1.29, 1.82) is 0 Å². The van der Waals surface area contributed by atoms with E-state index in [4.69, 9.17) is 4.52 Å². The third-order valence-corrected chi connectivity index (χ3v) is 4.44. The lowest BCUT2D eigenvalue weighted by molar-refractivity contribution is 0.0699. The van der Waals surface area contributed by atoms with Gasteiger partial charge in [0.15, 0.2) is 5.82 Å². The monoisotopic (exact) mass is 307 g/mol. The Bertz CT molecular complexity index is 638. The number of rotatable bonds is 3. The van der Waals surface area contributed by atoms with E-state index in [9.17, 15) is 4.79 Å². The van der Waals surface area contributed by atoms with Crippen LogP contribution in [0.2, 0.25) is 0 Å². The Morgan fingerprint density at radius 2 is 2.38 bits per heavy atom. The molecule has 1 saturated heterocycles. The molecule has 0 saturated carbocycles. The number of amides is 1. The molecule has 3 heterocycles. The smallest absolute Gasteiger partial charge is 0.267 e. The second-order valence-electron chi connectivity index (χ2n) is 5.17. The molecule has 1 fully saturated rings. The number of carbonyl (C=O) groups excluding carboxylic acids is 1. The van der Waals surface area contributed by atoms with Crippen LogP contribution in [0.4, 0.5) is 0 Å². The minimum atomic E-state index is 0.0165. The molecule has 7 nitrogen and oxygen atoms in total. The van der Waals surface area contributed by atoms with Gasteiger partial charge in [-0.25, -0.2) is 0 Å². The molecular weight excluding hydrogens is 290 g/mol. The van der Waals surface area contributed by atoms with E-state index in [0.717, 1.165) is 31.5 Å². The molecule has 1 aliphatic rings. The van der Waals surface area contributed by atoms with Gasteiger partial charge in [0.1, 0.15) is 4.88 Å². The van der Waals surface area contributed by atoms with Gasteiger partial charge in [-0.3, -0.25) is 4.79 Å². The zero-order chi connectivity index (χ0) is 14.8. The predicted octanol–water partition coefficient (Wildman–Crippen LogP) is 1.81. The summed E-state index contributed by atoms with van der Waals surface area (Å²) >= 11 is 1.17. The Hall–Kier alpha value is -1.83. The van der Waals surface area contributed by atoms with Gasteiger partial charge in [0.2, 0.25) is 5.89 Å². The summed E-state index contributed by atoms with van der Waals surface area (Å²) in [6, 6.07) is 0. The first-order valence-electron chi connectivity index (χ1n) is 7.09. The number of likely N-dealkylation sites (tertiary alicyclic amines) is 1. The van der Waals surface area contributed by atoms with Gasteiger partial charge in [-0.1, -0.05) is 16.6 Å². The zero-order valence-electron chi connectivity index (χ0n) is 12.1. The van der Waals surface area contributed by atoms with Gasteiger partial charge < -0.3 is 9.42 Å². The van der Waals surface area contributed by atoms with Gasteiger partial charge in [0.25, 0.3) is 5.91 Å². The van der Waals surface area contributed by atoms with Gasteiger partial charge in [-0.05, 0) is 37.7 Å². The molecule has 1 amide bonds. The molecule has 0 aliphatic carbocycles. The fourth-order valence-electron chi connectivity index (χ4n) is 2.59. The Kier molecular flexibility index (Phi) is 3.96. The van der Waals surface area contributed by atoms with Crippen LogP contribution in [0.25, 0.3) is 0 Å². The van der Waals surface area contributed by atoms with E-state index in [-0.39, 0.29) is 11.8 Å². The number of aromatic nitrogens is 4. The molecule has 2 aromatic heterocycles. The van der Waals surface area contributed by atoms with Crippen molar-refractivity contribution >= 4 is 17.4 Å². The molecule has 0 bridgehead atoms. The normalized spacial score (nSPS) is 19.0. The summed E-state index contributed by atoms with van der Waals surface area (Å²) in [6.07, 6.45) is 2.62. The molecule has 1 aliphatic heterocycles. The van der Waals surface area contributed by atoms with E-state index < -0.39 is 0 Å². The average molecular weight is 307 g/mol. The van der Waals surface area contributed by atoms with Crippen LogP contribution in [0.15, 0.2) is 4.52 Å². The number of aryl methyl sites for hydroxylation is 2.